The van der Waals surface area contributed by atoms with Crippen LogP contribution in [-0.2, 0) is 0 Å². The van der Waals surface area contributed by atoms with Gasteiger partial charge >= 0.3 is 0 Å². The Hall–Kier alpha value is -1.32. The number of methoxy groups -OCH3 is 1. The van der Waals surface area contributed by atoms with Crippen molar-refractivity contribution in [3.8, 4) is 5.75 Å². The van der Waals surface area contributed by atoms with Crippen molar-refractivity contribution in [2.45, 2.75) is 25.3 Å². The Labute approximate surface area is 97.3 Å². The zero-order chi connectivity index (χ0) is 11.8. The number of allylic oxidation sites excluding steroid dienone is 1. The van der Waals surface area contributed by atoms with Crippen molar-refractivity contribution < 1.29 is 4.74 Å². The summed E-state index contributed by atoms with van der Waals surface area (Å²) in [6.45, 7) is 3.71. The quantitative estimate of drug-likeness (QED) is 0.321. The number of benzene rings is 1. The molecule has 0 bridgehead atoms. The zero-order valence-electron chi connectivity index (χ0n) is 9.78. The van der Waals surface area contributed by atoms with E-state index in [1.165, 1.54) is 5.56 Å². The summed E-state index contributed by atoms with van der Waals surface area (Å²) < 4.78 is 5.12. The molecule has 3 nitrogen and oxygen atoms in total. The highest BCUT2D eigenvalue weighted by Gasteiger charge is 2.08. The minimum atomic E-state index is 0.200. The number of ether oxygens (including phenoxy) is 1. The summed E-state index contributed by atoms with van der Waals surface area (Å²) in [4.78, 5) is 0. The molecule has 0 aliphatic rings. The molecule has 0 aliphatic carbocycles. The van der Waals surface area contributed by atoms with E-state index >= 15 is 0 Å². The van der Waals surface area contributed by atoms with Gasteiger partial charge in [0.05, 0.1) is 7.11 Å². The lowest BCUT2D eigenvalue weighted by Crippen LogP contribution is -2.27. The summed E-state index contributed by atoms with van der Waals surface area (Å²) in [5, 5.41) is 0. The van der Waals surface area contributed by atoms with E-state index in [1.807, 2.05) is 30.3 Å². The zero-order valence-corrected chi connectivity index (χ0v) is 9.78. The Morgan fingerprint density at radius 3 is 2.62 bits per heavy atom. The van der Waals surface area contributed by atoms with E-state index in [4.69, 9.17) is 10.6 Å². The molecular formula is C13H20N2O. The Balaban J connectivity index is 2.59. The van der Waals surface area contributed by atoms with Crippen molar-refractivity contribution in [1.82, 2.24) is 5.43 Å². The summed E-state index contributed by atoms with van der Waals surface area (Å²) in [6.07, 6.45) is 5.05. The van der Waals surface area contributed by atoms with Gasteiger partial charge in [-0.1, -0.05) is 18.2 Å². The molecule has 0 saturated carbocycles. The summed E-state index contributed by atoms with van der Waals surface area (Å²) in [7, 11) is 1.66. The van der Waals surface area contributed by atoms with Crippen molar-refractivity contribution in [3.05, 3.63) is 42.5 Å². The maximum atomic E-state index is 5.55. The normalized spacial score (nSPS) is 12.1. The first kappa shape index (κ1) is 12.7. The van der Waals surface area contributed by atoms with Gasteiger partial charge in [-0.25, -0.2) is 0 Å². The Morgan fingerprint density at radius 1 is 1.44 bits per heavy atom. The van der Waals surface area contributed by atoms with E-state index in [2.05, 4.69) is 12.0 Å². The number of nitrogens with one attached hydrogen (secondary N) is 1. The van der Waals surface area contributed by atoms with E-state index in [1.54, 1.807) is 7.11 Å². The number of unbranched alkanes of at least 4 members (excludes halogenated alkanes) is 1. The lowest BCUT2D eigenvalue weighted by atomic mass is 10.0. The van der Waals surface area contributed by atoms with Crippen LogP contribution in [0.2, 0.25) is 0 Å². The summed E-state index contributed by atoms with van der Waals surface area (Å²) in [5.41, 5.74) is 4.03. The van der Waals surface area contributed by atoms with Crippen LogP contribution < -0.4 is 16.0 Å². The van der Waals surface area contributed by atoms with E-state index < -0.39 is 0 Å². The molecule has 1 unspecified atom stereocenters. The number of hydrogen-bond donors (Lipinski definition) is 2. The fourth-order valence-corrected chi connectivity index (χ4v) is 1.65. The van der Waals surface area contributed by atoms with Gasteiger partial charge in [0.1, 0.15) is 5.75 Å². The van der Waals surface area contributed by atoms with Crippen LogP contribution in [0.25, 0.3) is 0 Å². The van der Waals surface area contributed by atoms with Crippen molar-refractivity contribution in [1.29, 1.82) is 0 Å². The largest absolute Gasteiger partial charge is 0.497 e. The fourth-order valence-electron chi connectivity index (χ4n) is 1.65. The van der Waals surface area contributed by atoms with Gasteiger partial charge in [0, 0.05) is 6.04 Å². The summed E-state index contributed by atoms with van der Waals surface area (Å²) >= 11 is 0. The van der Waals surface area contributed by atoms with E-state index in [0.29, 0.717) is 0 Å². The molecule has 0 heterocycles. The van der Waals surface area contributed by atoms with E-state index in [-0.39, 0.29) is 6.04 Å². The smallest absolute Gasteiger partial charge is 0.118 e. The van der Waals surface area contributed by atoms with Crippen molar-refractivity contribution in [2.75, 3.05) is 7.11 Å². The summed E-state index contributed by atoms with van der Waals surface area (Å²) in [5.74, 6) is 6.42. The van der Waals surface area contributed by atoms with Crippen LogP contribution in [0, 0.1) is 0 Å². The molecule has 0 aromatic heterocycles. The lowest BCUT2D eigenvalue weighted by molar-refractivity contribution is 0.414. The van der Waals surface area contributed by atoms with Gasteiger partial charge in [-0.15, -0.1) is 6.58 Å². The molecule has 0 fully saturated rings. The third-order valence-corrected chi connectivity index (χ3v) is 2.62. The van der Waals surface area contributed by atoms with Crippen LogP contribution in [-0.4, -0.2) is 7.11 Å². The van der Waals surface area contributed by atoms with Gasteiger partial charge in [-0.3, -0.25) is 11.3 Å². The number of hydrazine groups is 1. The molecule has 0 spiro atoms. The van der Waals surface area contributed by atoms with Crippen LogP contribution in [0.4, 0.5) is 0 Å². The predicted molar refractivity (Wildman–Crippen MR) is 67.1 cm³/mol. The maximum absolute atomic E-state index is 5.55. The Morgan fingerprint density at radius 2 is 2.12 bits per heavy atom. The van der Waals surface area contributed by atoms with Gasteiger partial charge in [0.25, 0.3) is 0 Å². The fraction of sp³-hybridized carbons (Fsp3) is 0.385. The average Bonchev–Trinajstić information content (AvgIpc) is 2.35. The van der Waals surface area contributed by atoms with Gasteiger partial charge in [-0.2, -0.15) is 0 Å². The average molecular weight is 220 g/mol. The predicted octanol–water partition coefficient (Wildman–Crippen LogP) is 2.56. The molecule has 1 rings (SSSR count). The van der Waals surface area contributed by atoms with Crippen molar-refractivity contribution in [2.24, 2.45) is 5.84 Å². The maximum Gasteiger partial charge on any atom is 0.118 e. The first-order valence-electron chi connectivity index (χ1n) is 5.52. The second kappa shape index (κ2) is 7.04. The first-order chi connectivity index (χ1) is 7.81. The van der Waals surface area contributed by atoms with Gasteiger partial charge in [0.15, 0.2) is 0 Å². The Bertz CT molecular complexity index is 308. The van der Waals surface area contributed by atoms with Crippen LogP contribution in [0.5, 0.6) is 5.75 Å². The molecule has 1 atom stereocenters. The van der Waals surface area contributed by atoms with Gasteiger partial charge < -0.3 is 4.74 Å². The van der Waals surface area contributed by atoms with Crippen molar-refractivity contribution in [3.63, 3.8) is 0 Å². The van der Waals surface area contributed by atoms with Crippen LogP contribution in [0.1, 0.15) is 30.9 Å². The van der Waals surface area contributed by atoms with Crippen LogP contribution >= 0.6 is 0 Å². The lowest BCUT2D eigenvalue weighted by Gasteiger charge is -2.16. The standard InChI is InChI=1S/C13H20N2O/c1-3-4-5-6-13(15-14)11-7-9-12(16-2)10-8-11/h3,7-10,13,15H,1,4-6,14H2,2H3. The van der Waals surface area contributed by atoms with Gasteiger partial charge in [-0.05, 0) is 37.0 Å². The molecule has 1 aromatic carbocycles. The molecule has 0 radical (unpaired) electrons. The monoisotopic (exact) mass is 220 g/mol. The number of rotatable bonds is 7. The molecule has 88 valence electrons. The van der Waals surface area contributed by atoms with E-state index in [0.717, 1.165) is 25.0 Å². The number of nitrogens with two attached hydrogens (primary N) is 1. The van der Waals surface area contributed by atoms with E-state index in [9.17, 15) is 0 Å². The topological polar surface area (TPSA) is 47.3 Å². The SMILES string of the molecule is C=CCCCC(NN)c1ccc(OC)cc1. The highest BCUT2D eigenvalue weighted by Crippen LogP contribution is 2.21. The number of hydrogen-bond acceptors (Lipinski definition) is 3. The second-order valence-corrected chi connectivity index (χ2v) is 3.71. The molecule has 0 saturated heterocycles. The molecule has 3 N–H and O–H groups in total. The molecule has 0 amide bonds. The molecule has 0 aliphatic heterocycles. The minimum Gasteiger partial charge on any atom is -0.497 e. The molecule has 16 heavy (non-hydrogen) atoms. The van der Waals surface area contributed by atoms with Gasteiger partial charge in [0.2, 0.25) is 0 Å². The van der Waals surface area contributed by atoms with Crippen LogP contribution in [0.15, 0.2) is 36.9 Å². The molecule has 1 aromatic rings. The highest BCUT2D eigenvalue weighted by molar-refractivity contribution is 5.29. The second-order valence-electron chi connectivity index (χ2n) is 3.71. The van der Waals surface area contributed by atoms with Crippen LogP contribution in [0.3, 0.4) is 0 Å². The first-order valence-corrected chi connectivity index (χ1v) is 5.52. The van der Waals surface area contributed by atoms with Crippen molar-refractivity contribution >= 4 is 0 Å². The summed E-state index contributed by atoms with van der Waals surface area (Å²) in [6, 6.07) is 8.18. The minimum absolute atomic E-state index is 0.200. The molecular weight excluding hydrogens is 200 g/mol. The molecule has 3 heteroatoms. The third kappa shape index (κ3) is 3.68. The third-order valence-electron chi connectivity index (χ3n) is 2.62. The Kier molecular flexibility index (Phi) is 5.61. The highest BCUT2D eigenvalue weighted by atomic mass is 16.5.